The van der Waals surface area contributed by atoms with Crippen LogP contribution in [0.2, 0.25) is 0 Å². The molecule has 0 saturated carbocycles. The zero-order chi connectivity index (χ0) is 13.7. The minimum absolute atomic E-state index is 0. The van der Waals surface area contributed by atoms with Gasteiger partial charge in [0.1, 0.15) is 0 Å². The molecule has 110 valence electrons. The van der Waals surface area contributed by atoms with E-state index in [0.717, 1.165) is 11.3 Å². The number of halogens is 1. The van der Waals surface area contributed by atoms with Gasteiger partial charge in [-0.25, -0.2) is 4.79 Å². The van der Waals surface area contributed by atoms with Gasteiger partial charge in [-0.3, -0.25) is 14.5 Å². The molecule has 0 bridgehead atoms. The normalized spacial score (nSPS) is 17.5. The molecular weight excluding hydrogens is 272 g/mol. The fourth-order valence-electron chi connectivity index (χ4n) is 1.60. The molecule has 1 fully saturated rings. The minimum atomic E-state index is -0.557. The van der Waals surface area contributed by atoms with Crippen molar-refractivity contribution < 1.29 is 14.4 Å². The highest BCUT2D eigenvalue weighted by Gasteiger charge is 2.28. The Labute approximate surface area is 118 Å². The van der Waals surface area contributed by atoms with E-state index in [0.29, 0.717) is 0 Å². The van der Waals surface area contributed by atoms with E-state index in [-0.39, 0.29) is 49.8 Å². The van der Waals surface area contributed by atoms with Crippen LogP contribution in [0.3, 0.4) is 0 Å². The second kappa shape index (κ2) is 7.96. The number of imide groups is 1. The van der Waals surface area contributed by atoms with Crippen LogP contribution in [0.1, 0.15) is 20.3 Å². The second-order valence-electron chi connectivity index (χ2n) is 4.41. The Hall–Kier alpha value is -1.34. The van der Waals surface area contributed by atoms with Crippen LogP contribution in [0.4, 0.5) is 4.79 Å². The first-order valence-corrected chi connectivity index (χ1v) is 6.08. The number of nitrogens with two attached hydrogens (primary N) is 1. The maximum absolute atomic E-state index is 11.6. The fraction of sp³-hybridized carbons (Fsp3) is 0.727. The highest BCUT2D eigenvalue weighted by atomic mass is 35.5. The molecule has 4 N–H and O–H groups in total. The average Bonchev–Trinajstić information content (AvgIpc) is 2.68. The van der Waals surface area contributed by atoms with Crippen LogP contribution in [0.5, 0.6) is 0 Å². The Bertz CT molecular complexity index is 335. The SMILES string of the molecule is CCC(C)C(N)C(=O)NCCN1C(=O)CNC1=O.Cl. The van der Waals surface area contributed by atoms with Crippen LogP contribution in [0.15, 0.2) is 0 Å². The molecule has 0 aliphatic carbocycles. The molecule has 1 aliphatic heterocycles. The maximum atomic E-state index is 11.6. The molecule has 8 heteroatoms. The lowest BCUT2D eigenvalue weighted by Gasteiger charge is -2.18. The summed E-state index contributed by atoms with van der Waals surface area (Å²) in [5.41, 5.74) is 5.75. The number of urea groups is 1. The van der Waals surface area contributed by atoms with Crippen molar-refractivity contribution in [3.05, 3.63) is 0 Å². The number of nitrogens with one attached hydrogen (secondary N) is 2. The number of nitrogens with zero attached hydrogens (tertiary/aromatic N) is 1. The zero-order valence-electron chi connectivity index (χ0n) is 11.1. The molecule has 19 heavy (non-hydrogen) atoms. The zero-order valence-corrected chi connectivity index (χ0v) is 12.0. The van der Waals surface area contributed by atoms with Crippen molar-refractivity contribution in [2.45, 2.75) is 26.3 Å². The van der Waals surface area contributed by atoms with Gasteiger partial charge in [0.15, 0.2) is 0 Å². The van der Waals surface area contributed by atoms with Gasteiger partial charge in [-0.05, 0) is 5.92 Å². The lowest BCUT2D eigenvalue weighted by molar-refractivity contribution is -0.126. The third-order valence-electron chi connectivity index (χ3n) is 3.13. The molecular formula is C11H21ClN4O3. The number of hydrogen-bond donors (Lipinski definition) is 3. The van der Waals surface area contributed by atoms with Crippen LogP contribution in [0, 0.1) is 5.92 Å². The molecule has 7 nitrogen and oxygen atoms in total. The summed E-state index contributed by atoms with van der Waals surface area (Å²) < 4.78 is 0. The van der Waals surface area contributed by atoms with Crippen LogP contribution in [-0.4, -0.2) is 48.4 Å². The van der Waals surface area contributed by atoms with Gasteiger partial charge in [-0.1, -0.05) is 20.3 Å². The van der Waals surface area contributed by atoms with Crippen LogP contribution < -0.4 is 16.4 Å². The van der Waals surface area contributed by atoms with Crippen molar-refractivity contribution in [3.8, 4) is 0 Å². The summed E-state index contributed by atoms with van der Waals surface area (Å²) in [7, 11) is 0. The Morgan fingerprint density at radius 1 is 1.53 bits per heavy atom. The van der Waals surface area contributed by atoms with Gasteiger partial charge in [-0.15, -0.1) is 12.4 Å². The fourth-order valence-corrected chi connectivity index (χ4v) is 1.60. The standard InChI is InChI=1S/C11H20N4O3.ClH/c1-3-7(2)9(12)10(17)13-4-5-15-8(16)6-14-11(15)18;/h7,9H,3-6,12H2,1-2H3,(H,13,17)(H,14,18);1H. The van der Waals surface area contributed by atoms with E-state index in [9.17, 15) is 14.4 Å². The topological polar surface area (TPSA) is 105 Å². The first-order valence-electron chi connectivity index (χ1n) is 6.08. The van der Waals surface area contributed by atoms with Crippen molar-refractivity contribution in [1.82, 2.24) is 15.5 Å². The number of carbonyl (C=O) groups excluding carboxylic acids is 3. The number of rotatable bonds is 6. The molecule has 0 aromatic carbocycles. The largest absolute Gasteiger partial charge is 0.353 e. The van der Waals surface area contributed by atoms with E-state index in [4.69, 9.17) is 5.73 Å². The highest BCUT2D eigenvalue weighted by molar-refractivity contribution is 6.01. The van der Waals surface area contributed by atoms with Gasteiger partial charge >= 0.3 is 6.03 Å². The third kappa shape index (κ3) is 4.68. The van der Waals surface area contributed by atoms with E-state index < -0.39 is 12.1 Å². The van der Waals surface area contributed by atoms with Crippen molar-refractivity contribution in [2.24, 2.45) is 11.7 Å². The van der Waals surface area contributed by atoms with Crippen molar-refractivity contribution in [3.63, 3.8) is 0 Å². The van der Waals surface area contributed by atoms with Crippen molar-refractivity contribution in [1.29, 1.82) is 0 Å². The highest BCUT2D eigenvalue weighted by Crippen LogP contribution is 2.05. The van der Waals surface area contributed by atoms with E-state index in [2.05, 4.69) is 10.6 Å². The summed E-state index contributed by atoms with van der Waals surface area (Å²) in [5.74, 6) is -0.432. The first kappa shape index (κ1) is 17.7. The van der Waals surface area contributed by atoms with Gasteiger partial charge < -0.3 is 16.4 Å². The number of amides is 4. The minimum Gasteiger partial charge on any atom is -0.353 e. The van der Waals surface area contributed by atoms with E-state index in [1.165, 1.54) is 0 Å². The van der Waals surface area contributed by atoms with E-state index >= 15 is 0 Å². The predicted octanol–water partition coefficient (Wildman–Crippen LogP) is -0.550. The van der Waals surface area contributed by atoms with Crippen molar-refractivity contribution >= 4 is 30.3 Å². The monoisotopic (exact) mass is 292 g/mol. The summed E-state index contributed by atoms with van der Waals surface area (Å²) in [4.78, 5) is 35.2. The molecule has 2 atom stereocenters. The lowest BCUT2D eigenvalue weighted by atomic mass is 9.99. The van der Waals surface area contributed by atoms with Crippen LogP contribution >= 0.6 is 12.4 Å². The number of carbonyl (C=O) groups is 3. The smallest absolute Gasteiger partial charge is 0.324 e. The molecule has 1 rings (SSSR count). The summed E-state index contributed by atoms with van der Waals surface area (Å²) in [5, 5.41) is 5.04. The molecule has 1 aliphatic rings. The van der Waals surface area contributed by atoms with Gasteiger partial charge in [0.05, 0.1) is 12.6 Å². The van der Waals surface area contributed by atoms with Gasteiger partial charge in [0, 0.05) is 13.1 Å². The Morgan fingerprint density at radius 3 is 2.63 bits per heavy atom. The third-order valence-corrected chi connectivity index (χ3v) is 3.13. The summed E-state index contributed by atoms with van der Waals surface area (Å²) in [6.45, 7) is 4.29. The van der Waals surface area contributed by atoms with Crippen LogP contribution in [-0.2, 0) is 9.59 Å². The molecule has 0 radical (unpaired) electrons. The van der Waals surface area contributed by atoms with Crippen LogP contribution in [0.25, 0.3) is 0 Å². The summed E-state index contributed by atoms with van der Waals surface area (Å²) in [6.07, 6.45) is 0.821. The first-order chi connectivity index (χ1) is 8.47. The van der Waals surface area contributed by atoms with Gasteiger partial charge in [0.25, 0.3) is 0 Å². The van der Waals surface area contributed by atoms with Crippen molar-refractivity contribution in [2.75, 3.05) is 19.6 Å². The predicted molar refractivity (Wildman–Crippen MR) is 72.8 cm³/mol. The molecule has 1 saturated heterocycles. The average molecular weight is 293 g/mol. The summed E-state index contributed by atoms with van der Waals surface area (Å²) >= 11 is 0. The molecule has 4 amide bonds. The molecule has 0 aromatic heterocycles. The Kier molecular flexibility index (Phi) is 7.40. The molecule has 2 unspecified atom stereocenters. The molecule has 0 spiro atoms. The van der Waals surface area contributed by atoms with Gasteiger partial charge in [-0.2, -0.15) is 0 Å². The lowest BCUT2D eigenvalue weighted by Crippen LogP contribution is -2.47. The summed E-state index contributed by atoms with van der Waals surface area (Å²) in [6, 6.07) is -0.974. The quantitative estimate of drug-likeness (QED) is 0.571. The second-order valence-corrected chi connectivity index (χ2v) is 4.41. The number of hydrogen-bond acceptors (Lipinski definition) is 4. The molecule has 1 heterocycles. The van der Waals surface area contributed by atoms with E-state index in [1.54, 1.807) is 0 Å². The maximum Gasteiger partial charge on any atom is 0.324 e. The molecule has 0 aromatic rings. The van der Waals surface area contributed by atoms with E-state index in [1.807, 2.05) is 13.8 Å². The van der Waals surface area contributed by atoms with Gasteiger partial charge in [0.2, 0.25) is 11.8 Å². The Morgan fingerprint density at radius 2 is 2.16 bits per heavy atom. The Balaban J connectivity index is 0.00000324.